The first-order valence-corrected chi connectivity index (χ1v) is 10.2. The van der Waals surface area contributed by atoms with Crippen molar-refractivity contribution in [1.82, 2.24) is 15.2 Å². The third-order valence-electron chi connectivity index (χ3n) is 4.97. The summed E-state index contributed by atoms with van der Waals surface area (Å²) in [7, 11) is 1.61. The zero-order chi connectivity index (χ0) is 18.7. The minimum Gasteiger partial charge on any atom is -0.379 e. The molecule has 0 radical (unpaired) electrons. The molecule has 1 saturated carbocycles. The van der Waals surface area contributed by atoms with E-state index in [1.54, 1.807) is 7.11 Å². The SMILES string of the molecule is COC(CN1CCOCC1)(Sc1ccc2ccccc2n1)C(=O)NC1CC1. The summed E-state index contributed by atoms with van der Waals surface area (Å²) in [5, 5.41) is 4.99. The summed E-state index contributed by atoms with van der Waals surface area (Å²) in [4.78, 5) is 19.1. The highest BCUT2D eigenvalue weighted by Gasteiger charge is 2.44. The van der Waals surface area contributed by atoms with Crippen LogP contribution in [0, 0.1) is 0 Å². The summed E-state index contributed by atoms with van der Waals surface area (Å²) in [6.07, 6.45) is 2.09. The van der Waals surface area contributed by atoms with Gasteiger partial charge in [0.25, 0.3) is 5.91 Å². The van der Waals surface area contributed by atoms with E-state index in [-0.39, 0.29) is 11.9 Å². The Kier molecular flexibility index (Phi) is 5.63. The third-order valence-corrected chi connectivity index (χ3v) is 6.21. The van der Waals surface area contributed by atoms with Crippen LogP contribution < -0.4 is 5.32 Å². The zero-order valence-corrected chi connectivity index (χ0v) is 16.3. The number of carbonyl (C=O) groups excluding carboxylic acids is 1. The lowest BCUT2D eigenvalue weighted by Crippen LogP contribution is -2.55. The predicted octanol–water partition coefficient (Wildman–Crippen LogP) is 2.28. The van der Waals surface area contributed by atoms with Crippen LogP contribution in [0.25, 0.3) is 10.9 Å². The van der Waals surface area contributed by atoms with Gasteiger partial charge in [-0.3, -0.25) is 9.69 Å². The Labute approximate surface area is 163 Å². The summed E-state index contributed by atoms with van der Waals surface area (Å²) in [6, 6.07) is 12.3. The average Bonchev–Trinajstić information content (AvgIpc) is 3.52. The fourth-order valence-corrected chi connectivity index (χ4v) is 4.30. The Hall–Kier alpha value is -1.67. The van der Waals surface area contributed by atoms with Crippen molar-refractivity contribution in [3.63, 3.8) is 0 Å². The minimum atomic E-state index is -1.03. The molecule has 1 N–H and O–H groups in total. The van der Waals surface area contributed by atoms with Crippen molar-refractivity contribution in [3.05, 3.63) is 36.4 Å². The largest absolute Gasteiger partial charge is 0.379 e. The number of aromatic nitrogens is 1. The second kappa shape index (κ2) is 8.14. The number of nitrogens with one attached hydrogen (secondary N) is 1. The molecule has 144 valence electrons. The first-order chi connectivity index (χ1) is 13.2. The number of amides is 1. The molecule has 1 atom stereocenters. The lowest BCUT2D eigenvalue weighted by atomic mass is 10.2. The molecular weight excluding hydrogens is 362 g/mol. The third kappa shape index (κ3) is 4.43. The fourth-order valence-electron chi connectivity index (χ4n) is 3.20. The number of benzene rings is 1. The lowest BCUT2D eigenvalue weighted by Gasteiger charge is -2.36. The highest BCUT2D eigenvalue weighted by molar-refractivity contribution is 8.01. The number of ether oxygens (including phenoxy) is 2. The topological polar surface area (TPSA) is 63.7 Å². The number of hydrogen-bond donors (Lipinski definition) is 1. The maximum atomic E-state index is 13.1. The molecule has 6 nitrogen and oxygen atoms in total. The highest BCUT2D eigenvalue weighted by Crippen LogP contribution is 2.36. The minimum absolute atomic E-state index is 0.0704. The Bertz CT molecular complexity index is 808. The fraction of sp³-hybridized carbons (Fsp3) is 0.500. The number of fused-ring (bicyclic) bond motifs is 1. The van der Waals surface area contributed by atoms with Gasteiger partial charge in [0.05, 0.1) is 18.7 Å². The van der Waals surface area contributed by atoms with Crippen LogP contribution in [0.2, 0.25) is 0 Å². The number of thioether (sulfide) groups is 1. The van der Waals surface area contributed by atoms with E-state index >= 15 is 0 Å². The van der Waals surface area contributed by atoms with Gasteiger partial charge >= 0.3 is 0 Å². The number of nitrogens with zero attached hydrogens (tertiary/aromatic N) is 2. The molecule has 27 heavy (non-hydrogen) atoms. The van der Waals surface area contributed by atoms with Crippen LogP contribution in [0.15, 0.2) is 41.4 Å². The monoisotopic (exact) mass is 387 g/mol. The van der Waals surface area contributed by atoms with Crippen molar-refractivity contribution >= 4 is 28.6 Å². The van der Waals surface area contributed by atoms with E-state index in [9.17, 15) is 4.79 Å². The van der Waals surface area contributed by atoms with Gasteiger partial charge in [-0.05, 0) is 25.0 Å². The first kappa shape index (κ1) is 18.7. The molecule has 0 spiro atoms. The van der Waals surface area contributed by atoms with Gasteiger partial charge in [-0.15, -0.1) is 0 Å². The van der Waals surface area contributed by atoms with E-state index in [0.29, 0.717) is 19.8 Å². The highest BCUT2D eigenvalue weighted by atomic mass is 32.2. The molecule has 2 fully saturated rings. The summed E-state index contributed by atoms with van der Waals surface area (Å²) >= 11 is 1.39. The van der Waals surface area contributed by atoms with Gasteiger partial charge in [-0.1, -0.05) is 36.0 Å². The molecule has 2 heterocycles. The number of methoxy groups -OCH3 is 1. The molecule has 1 aromatic carbocycles. The molecule has 0 bridgehead atoms. The van der Waals surface area contributed by atoms with Crippen molar-refractivity contribution in [1.29, 1.82) is 0 Å². The van der Waals surface area contributed by atoms with Crippen LogP contribution in [0.4, 0.5) is 0 Å². The molecule has 7 heteroatoms. The number of rotatable bonds is 7. The average molecular weight is 388 g/mol. The van der Waals surface area contributed by atoms with Gasteiger partial charge < -0.3 is 14.8 Å². The number of carbonyl (C=O) groups is 1. The molecule has 1 aliphatic carbocycles. The van der Waals surface area contributed by atoms with Crippen molar-refractivity contribution in [2.45, 2.75) is 28.8 Å². The van der Waals surface area contributed by atoms with E-state index in [4.69, 9.17) is 14.5 Å². The first-order valence-electron chi connectivity index (χ1n) is 9.39. The van der Waals surface area contributed by atoms with Crippen LogP contribution in [0.5, 0.6) is 0 Å². The summed E-state index contributed by atoms with van der Waals surface area (Å²) in [5.41, 5.74) is 0.918. The van der Waals surface area contributed by atoms with Crippen molar-refractivity contribution in [3.8, 4) is 0 Å². The Morgan fingerprint density at radius 1 is 1.30 bits per heavy atom. The molecule has 1 unspecified atom stereocenters. The number of para-hydroxylation sites is 1. The summed E-state index contributed by atoms with van der Waals surface area (Å²) < 4.78 is 11.3. The molecule has 1 saturated heterocycles. The van der Waals surface area contributed by atoms with E-state index in [1.165, 1.54) is 11.8 Å². The van der Waals surface area contributed by atoms with Gasteiger partial charge in [0.15, 0.2) is 0 Å². The summed E-state index contributed by atoms with van der Waals surface area (Å²) in [5.74, 6) is -0.0704. The van der Waals surface area contributed by atoms with E-state index < -0.39 is 4.93 Å². The molecule has 1 aromatic heterocycles. The van der Waals surface area contributed by atoms with Gasteiger partial charge in [0, 0.05) is 38.2 Å². The molecule has 1 amide bonds. The summed E-state index contributed by atoms with van der Waals surface area (Å²) in [6.45, 7) is 3.47. The van der Waals surface area contributed by atoms with Crippen molar-refractivity contribution in [2.75, 3.05) is 40.0 Å². The Morgan fingerprint density at radius 2 is 2.07 bits per heavy atom. The van der Waals surface area contributed by atoms with Gasteiger partial charge in [0.1, 0.15) is 5.03 Å². The zero-order valence-electron chi connectivity index (χ0n) is 15.5. The van der Waals surface area contributed by atoms with Gasteiger partial charge in [-0.2, -0.15) is 0 Å². The normalized spacial score (nSPS) is 20.3. The van der Waals surface area contributed by atoms with Gasteiger partial charge in [-0.25, -0.2) is 4.98 Å². The maximum Gasteiger partial charge on any atom is 0.264 e. The van der Waals surface area contributed by atoms with E-state index in [0.717, 1.165) is 41.9 Å². The van der Waals surface area contributed by atoms with Crippen LogP contribution in [0.1, 0.15) is 12.8 Å². The number of pyridine rings is 1. The molecule has 2 aromatic rings. The maximum absolute atomic E-state index is 13.1. The molecular formula is C20H25N3O3S. The van der Waals surface area contributed by atoms with Crippen LogP contribution in [0.3, 0.4) is 0 Å². The second-order valence-electron chi connectivity index (χ2n) is 7.04. The second-order valence-corrected chi connectivity index (χ2v) is 8.32. The molecule has 2 aliphatic rings. The quantitative estimate of drug-likeness (QED) is 0.581. The number of hydrogen-bond acceptors (Lipinski definition) is 6. The van der Waals surface area contributed by atoms with Gasteiger partial charge in [0.2, 0.25) is 4.93 Å². The number of morpholine rings is 1. The lowest BCUT2D eigenvalue weighted by molar-refractivity contribution is -0.136. The Morgan fingerprint density at radius 3 is 2.81 bits per heavy atom. The molecule has 4 rings (SSSR count). The van der Waals surface area contributed by atoms with Crippen LogP contribution in [-0.4, -0.2) is 66.7 Å². The van der Waals surface area contributed by atoms with E-state index in [2.05, 4.69) is 10.2 Å². The van der Waals surface area contributed by atoms with E-state index in [1.807, 2.05) is 36.4 Å². The van der Waals surface area contributed by atoms with Crippen molar-refractivity contribution in [2.24, 2.45) is 0 Å². The predicted molar refractivity (Wildman–Crippen MR) is 106 cm³/mol. The Balaban J connectivity index is 1.60. The molecule has 1 aliphatic heterocycles. The standard InChI is InChI=1S/C20H25N3O3S/c1-25-20(19(24)21-16-7-8-16,14-23-10-12-26-13-11-23)27-18-9-6-15-4-2-3-5-17(15)22-18/h2-6,9,16H,7-8,10-14H2,1H3,(H,21,24). The van der Waals surface area contributed by atoms with Crippen LogP contribution >= 0.6 is 11.8 Å². The van der Waals surface area contributed by atoms with Crippen LogP contribution in [-0.2, 0) is 14.3 Å². The smallest absolute Gasteiger partial charge is 0.264 e. The van der Waals surface area contributed by atoms with Crippen molar-refractivity contribution < 1.29 is 14.3 Å².